The number of rotatable bonds is 2. The van der Waals surface area contributed by atoms with E-state index in [0.29, 0.717) is 17.4 Å². The minimum Gasteiger partial charge on any atom is -0.385 e. The van der Waals surface area contributed by atoms with Gasteiger partial charge in [0.2, 0.25) is 0 Å². The van der Waals surface area contributed by atoms with E-state index in [-0.39, 0.29) is 12.3 Å². The van der Waals surface area contributed by atoms with Crippen LogP contribution in [0.2, 0.25) is 5.02 Å². The molecule has 0 unspecified atom stereocenters. The predicted molar refractivity (Wildman–Crippen MR) is 58.2 cm³/mol. The predicted octanol–water partition coefficient (Wildman–Crippen LogP) is 1.34. The maximum absolute atomic E-state index is 11.4. The molecule has 5 heteroatoms. The molecule has 4 nitrogen and oxygen atoms in total. The van der Waals surface area contributed by atoms with E-state index in [0.717, 1.165) is 5.56 Å². The summed E-state index contributed by atoms with van der Waals surface area (Å²) in [5, 5.41) is 5.90. The number of hydrazone groups is 1. The molecule has 1 aliphatic heterocycles. The molecular weight excluding hydrogens is 214 g/mol. The summed E-state index contributed by atoms with van der Waals surface area (Å²) in [6, 6.07) is 7.36. The number of nitrogens with zero attached hydrogens (tertiary/aromatic N) is 2. The van der Waals surface area contributed by atoms with Crippen molar-refractivity contribution >= 4 is 23.3 Å². The van der Waals surface area contributed by atoms with Crippen molar-refractivity contribution in [1.82, 2.24) is 5.01 Å². The Kier molecular flexibility index (Phi) is 2.60. The molecule has 1 amide bonds. The van der Waals surface area contributed by atoms with Gasteiger partial charge in [0, 0.05) is 5.02 Å². The summed E-state index contributed by atoms with van der Waals surface area (Å²) in [6.07, 6.45) is 0.199. The first-order valence-corrected chi connectivity index (χ1v) is 4.91. The van der Waals surface area contributed by atoms with E-state index in [1.54, 1.807) is 6.07 Å². The monoisotopic (exact) mass is 223 g/mol. The van der Waals surface area contributed by atoms with Crippen molar-refractivity contribution in [3.8, 4) is 0 Å². The van der Waals surface area contributed by atoms with Crippen LogP contribution in [0.3, 0.4) is 0 Å². The molecule has 1 aromatic rings. The second-order valence-corrected chi connectivity index (χ2v) is 3.72. The Balaban J connectivity index is 2.16. The van der Waals surface area contributed by atoms with Crippen LogP contribution in [0.5, 0.6) is 0 Å². The lowest BCUT2D eigenvalue weighted by atomic mass is 10.2. The fraction of sp³-hybridized carbons (Fsp3) is 0.200. The van der Waals surface area contributed by atoms with Crippen molar-refractivity contribution in [3.63, 3.8) is 0 Å². The lowest BCUT2D eigenvalue weighted by molar-refractivity contribution is -0.129. The van der Waals surface area contributed by atoms with Crippen LogP contribution >= 0.6 is 11.6 Å². The maximum atomic E-state index is 11.4. The zero-order valence-electron chi connectivity index (χ0n) is 7.98. The van der Waals surface area contributed by atoms with Crippen LogP contribution in [0.25, 0.3) is 0 Å². The largest absolute Gasteiger partial charge is 0.385 e. The lowest BCUT2D eigenvalue weighted by Gasteiger charge is -2.12. The number of benzene rings is 1. The molecule has 0 saturated carbocycles. The smallest absolute Gasteiger partial charge is 0.250 e. The Morgan fingerprint density at radius 1 is 1.47 bits per heavy atom. The van der Waals surface area contributed by atoms with Gasteiger partial charge in [-0.25, -0.2) is 5.01 Å². The summed E-state index contributed by atoms with van der Waals surface area (Å²) in [5.74, 6) is 0.263. The summed E-state index contributed by atoms with van der Waals surface area (Å²) in [4.78, 5) is 11.4. The van der Waals surface area contributed by atoms with Gasteiger partial charge in [-0.05, 0) is 11.6 Å². The third-order valence-corrected chi connectivity index (χ3v) is 2.52. The molecule has 1 heterocycles. The van der Waals surface area contributed by atoms with Crippen LogP contribution < -0.4 is 5.73 Å². The number of nitrogens with two attached hydrogens (primary N) is 1. The minimum absolute atomic E-state index is 0.0904. The number of hydrogen-bond donors (Lipinski definition) is 1. The Morgan fingerprint density at radius 3 is 2.80 bits per heavy atom. The normalized spacial score (nSPS) is 15.7. The summed E-state index contributed by atoms with van der Waals surface area (Å²) in [5.41, 5.74) is 6.33. The molecule has 0 saturated heterocycles. The highest BCUT2D eigenvalue weighted by Gasteiger charge is 2.22. The maximum Gasteiger partial charge on any atom is 0.250 e. The molecule has 1 aromatic carbocycles. The summed E-state index contributed by atoms with van der Waals surface area (Å²) < 4.78 is 0. The molecule has 0 aliphatic carbocycles. The van der Waals surface area contributed by atoms with Gasteiger partial charge in [0.05, 0.1) is 13.0 Å². The molecule has 0 radical (unpaired) electrons. The van der Waals surface area contributed by atoms with E-state index in [1.165, 1.54) is 5.01 Å². The van der Waals surface area contributed by atoms with Gasteiger partial charge in [0.15, 0.2) is 0 Å². The van der Waals surface area contributed by atoms with Crippen LogP contribution in [0.4, 0.5) is 0 Å². The highest BCUT2D eigenvalue weighted by Crippen LogP contribution is 2.19. The van der Waals surface area contributed by atoms with Gasteiger partial charge in [-0.1, -0.05) is 29.8 Å². The molecule has 15 heavy (non-hydrogen) atoms. The Morgan fingerprint density at radius 2 is 2.20 bits per heavy atom. The molecule has 0 spiro atoms. The van der Waals surface area contributed by atoms with Gasteiger partial charge in [-0.2, -0.15) is 5.10 Å². The molecule has 2 rings (SSSR count). The van der Waals surface area contributed by atoms with E-state index in [1.807, 2.05) is 18.2 Å². The average Bonchev–Trinajstić information content (AvgIpc) is 2.49. The van der Waals surface area contributed by atoms with Crippen LogP contribution in [0, 0.1) is 0 Å². The van der Waals surface area contributed by atoms with Gasteiger partial charge in [-0.15, -0.1) is 0 Å². The van der Waals surface area contributed by atoms with Gasteiger partial charge >= 0.3 is 0 Å². The molecule has 0 fully saturated rings. The van der Waals surface area contributed by atoms with Crippen molar-refractivity contribution in [2.75, 3.05) is 0 Å². The molecular formula is C10H10ClN3O. The van der Waals surface area contributed by atoms with Crippen molar-refractivity contribution < 1.29 is 4.79 Å². The zero-order chi connectivity index (χ0) is 10.8. The molecule has 0 atom stereocenters. The number of carbonyl (C=O) groups excluding carboxylic acids is 1. The van der Waals surface area contributed by atoms with E-state index in [4.69, 9.17) is 17.3 Å². The molecule has 1 aliphatic rings. The van der Waals surface area contributed by atoms with Crippen molar-refractivity contribution in [1.29, 1.82) is 0 Å². The SMILES string of the molecule is NC1=NN(Cc2ccccc2Cl)C(=O)C1. The Bertz CT molecular complexity index is 430. The van der Waals surface area contributed by atoms with Crippen LogP contribution in [0.15, 0.2) is 29.4 Å². The topological polar surface area (TPSA) is 58.7 Å². The first-order chi connectivity index (χ1) is 7.16. The van der Waals surface area contributed by atoms with E-state index >= 15 is 0 Å². The summed E-state index contributed by atoms with van der Waals surface area (Å²) in [6.45, 7) is 0.374. The fourth-order valence-corrected chi connectivity index (χ4v) is 1.60. The van der Waals surface area contributed by atoms with Crippen molar-refractivity contribution in [3.05, 3.63) is 34.9 Å². The molecule has 0 bridgehead atoms. The minimum atomic E-state index is -0.0904. The zero-order valence-corrected chi connectivity index (χ0v) is 8.74. The van der Waals surface area contributed by atoms with Gasteiger partial charge in [0.1, 0.15) is 5.84 Å². The first-order valence-electron chi connectivity index (χ1n) is 4.53. The molecule has 2 N–H and O–H groups in total. The van der Waals surface area contributed by atoms with Crippen molar-refractivity contribution in [2.24, 2.45) is 10.8 Å². The number of amidine groups is 1. The summed E-state index contributed by atoms with van der Waals surface area (Å²) in [7, 11) is 0. The van der Waals surface area contributed by atoms with E-state index < -0.39 is 0 Å². The second kappa shape index (κ2) is 3.90. The van der Waals surface area contributed by atoms with E-state index in [2.05, 4.69) is 5.10 Å². The highest BCUT2D eigenvalue weighted by atomic mass is 35.5. The number of amides is 1. The molecule has 0 aromatic heterocycles. The van der Waals surface area contributed by atoms with Gasteiger partial charge < -0.3 is 5.73 Å². The number of carbonyl (C=O) groups is 1. The quantitative estimate of drug-likeness (QED) is 0.823. The van der Waals surface area contributed by atoms with Gasteiger partial charge in [0.25, 0.3) is 5.91 Å². The van der Waals surface area contributed by atoms with Crippen LogP contribution in [0.1, 0.15) is 12.0 Å². The van der Waals surface area contributed by atoms with Crippen molar-refractivity contribution in [2.45, 2.75) is 13.0 Å². The standard InChI is InChI=1S/C10H10ClN3O/c11-8-4-2-1-3-7(8)6-14-10(15)5-9(12)13-14/h1-4H,5-6H2,(H2,12,13). The second-order valence-electron chi connectivity index (χ2n) is 3.31. The number of hydrogen-bond acceptors (Lipinski definition) is 3. The van der Waals surface area contributed by atoms with E-state index in [9.17, 15) is 4.79 Å². The summed E-state index contributed by atoms with van der Waals surface area (Å²) >= 11 is 5.97. The third kappa shape index (κ3) is 2.10. The fourth-order valence-electron chi connectivity index (χ4n) is 1.40. The average molecular weight is 224 g/mol. The first kappa shape index (κ1) is 9.98. The van der Waals surface area contributed by atoms with Crippen LogP contribution in [-0.4, -0.2) is 16.8 Å². The third-order valence-electron chi connectivity index (χ3n) is 2.15. The van der Waals surface area contributed by atoms with Gasteiger partial charge in [-0.3, -0.25) is 4.79 Å². The Labute approximate surface area is 92.3 Å². The highest BCUT2D eigenvalue weighted by molar-refractivity contribution is 6.31. The Hall–Kier alpha value is -1.55. The molecule has 78 valence electrons. The number of halogens is 1. The van der Waals surface area contributed by atoms with Crippen LogP contribution in [-0.2, 0) is 11.3 Å². The lowest BCUT2D eigenvalue weighted by Crippen LogP contribution is -2.20.